The van der Waals surface area contributed by atoms with Crippen LogP contribution >= 0.6 is 11.3 Å². The van der Waals surface area contributed by atoms with Gasteiger partial charge in [0.1, 0.15) is 5.82 Å². The van der Waals surface area contributed by atoms with Crippen molar-refractivity contribution in [1.82, 2.24) is 4.31 Å². The van der Waals surface area contributed by atoms with Crippen LogP contribution in [0.25, 0.3) is 0 Å². The van der Waals surface area contributed by atoms with Gasteiger partial charge in [-0.25, -0.2) is 12.8 Å². The molecule has 20 heavy (non-hydrogen) atoms. The van der Waals surface area contributed by atoms with Gasteiger partial charge in [-0.2, -0.15) is 15.6 Å². The van der Waals surface area contributed by atoms with Crippen LogP contribution in [0.5, 0.6) is 0 Å². The molecular formula is C13H15FN2O2S2. The Labute approximate surface area is 121 Å². The summed E-state index contributed by atoms with van der Waals surface area (Å²) in [5.41, 5.74) is 6.83. The van der Waals surface area contributed by atoms with E-state index in [0.717, 1.165) is 11.6 Å². The van der Waals surface area contributed by atoms with Crippen LogP contribution in [-0.4, -0.2) is 19.8 Å². The number of hydrogen-bond acceptors (Lipinski definition) is 4. The Bertz CT molecular complexity index is 684. The van der Waals surface area contributed by atoms with Crippen LogP contribution in [0.15, 0.2) is 39.9 Å². The van der Waals surface area contributed by atoms with Crippen molar-refractivity contribution in [3.05, 3.63) is 52.0 Å². The third kappa shape index (κ3) is 3.06. The highest BCUT2D eigenvalue weighted by Crippen LogP contribution is 2.22. The van der Waals surface area contributed by atoms with E-state index >= 15 is 0 Å². The molecule has 2 rings (SSSR count). The van der Waals surface area contributed by atoms with E-state index < -0.39 is 15.8 Å². The number of benzene rings is 1. The molecule has 0 aliphatic heterocycles. The molecule has 4 nitrogen and oxygen atoms in total. The first-order chi connectivity index (χ1) is 9.45. The molecule has 0 aliphatic carbocycles. The molecule has 0 saturated carbocycles. The summed E-state index contributed by atoms with van der Waals surface area (Å²) in [6.07, 6.45) is 0. The van der Waals surface area contributed by atoms with Crippen molar-refractivity contribution in [3.63, 3.8) is 0 Å². The lowest BCUT2D eigenvalue weighted by atomic mass is 10.2. The normalized spacial score (nSPS) is 12.0. The molecule has 2 N–H and O–H groups in total. The molecule has 0 radical (unpaired) electrons. The first kappa shape index (κ1) is 15.1. The molecule has 0 aliphatic rings. The molecule has 1 heterocycles. The maximum absolute atomic E-state index is 13.3. The first-order valence-electron chi connectivity index (χ1n) is 5.91. The van der Waals surface area contributed by atoms with Crippen LogP contribution in [0.4, 0.5) is 4.39 Å². The Morgan fingerprint density at radius 2 is 2.10 bits per heavy atom. The number of sulfonamides is 1. The summed E-state index contributed by atoms with van der Waals surface area (Å²) in [4.78, 5) is -0.0715. The molecule has 108 valence electrons. The van der Waals surface area contributed by atoms with E-state index in [-0.39, 0.29) is 18.0 Å². The summed E-state index contributed by atoms with van der Waals surface area (Å²) in [6, 6.07) is 5.48. The van der Waals surface area contributed by atoms with Crippen molar-refractivity contribution in [2.45, 2.75) is 18.0 Å². The van der Waals surface area contributed by atoms with Crippen molar-refractivity contribution in [2.75, 3.05) is 7.05 Å². The van der Waals surface area contributed by atoms with Crippen LogP contribution in [-0.2, 0) is 23.1 Å². The van der Waals surface area contributed by atoms with E-state index in [9.17, 15) is 12.8 Å². The van der Waals surface area contributed by atoms with Gasteiger partial charge in [0.05, 0.1) is 4.90 Å². The van der Waals surface area contributed by atoms with Gasteiger partial charge in [-0.1, -0.05) is 6.07 Å². The summed E-state index contributed by atoms with van der Waals surface area (Å²) < 4.78 is 39.5. The summed E-state index contributed by atoms with van der Waals surface area (Å²) in [6.45, 7) is 0.285. The summed E-state index contributed by atoms with van der Waals surface area (Å²) in [7, 11) is -2.29. The van der Waals surface area contributed by atoms with Gasteiger partial charge in [0.15, 0.2) is 0 Å². The van der Waals surface area contributed by atoms with Gasteiger partial charge in [-0.05, 0) is 40.1 Å². The quantitative estimate of drug-likeness (QED) is 0.920. The molecule has 2 aromatic rings. The topological polar surface area (TPSA) is 63.4 Å². The molecule has 0 atom stereocenters. The van der Waals surface area contributed by atoms with Gasteiger partial charge in [0.25, 0.3) is 0 Å². The predicted octanol–water partition coefficient (Wildman–Crippen LogP) is 2.17. The Kier molecular flexibility index (Phi) is 4.54. The average Bonchev–Trinajstić information content (AvgIpc) is 2.91. The molecule has 1 aromatic heterocycles. The standard InChI is InChI=1S/C13H15FN2O2S2/c1-16(8-10-4-5-19-9-10)20(17,18)13-6-12(14)3-2-11(13)7-15/h2-6,9H,7-8,15H2,1H3. The van der Waals surface area contributed by atoms with Crippen molar-refractivity contribution >= 4 is 21.4 Å². The van der Waals surface area contributed by atoms with Gasteiger partial charge < -0.3 is 5.73 Å². The number of halogens is 1. The van der Waals surface area contributed by atoms with E-state index in [1.54, 1.807) is 0 Å². The fourth-order valence-corrected chi connectivity index (χ4v) is 3.89. The number of hydrogen-bond donors (Lipinski definition) is 1. The molecule has 0 amide bonds. The summed E-state index contributed by atoms with van der Waals surface area (Å²) in [5, 5.41) is 3.75. The second-order valence-corrected chi connectivity index (χ2v) is 7.14. The van der Waals surface area contributed by atoms with Crippen molar-refractivity contribution in [1.29, 1.82) is 0 Å². The maximum Gasteiger partial charge on any atom is 0.243 e. The van der Waals surface area contributed by atoms with E-state index in [1.807, 2.05) is 16.8 Å². The van der Waals surface area contributed by atoms with E-state index in [4.69, 9.17) is 5.73 Å². The minimum Gasteiger partial charge on any atom is -0.326 e. The zero-order valence-corrected chi connectivity index (χ0v) is 12.5. The van der Waals surface area contributed by atoms with Crippen LogP contribution < -0.4 is 5.73 Å². The van der Waals surface area contributed by atoms with Gasteiger partial charge in [0.2, 0.25) is 10.0 Å². The summed E-state index contributed by atoms with van der Waals surface area (Å²) >= 11 is 1.50. The Balaban J connectivity index is 2.36. The van der Waals surface area contributed by atoms with Gasteiger partial charge in [-0.3, -0.25) is 0 Å². The van der Waals surface area contributed by atoms with Crippen LogP contribution in [0, 0.1) is 5.82 Å². The van der Waals surface area contributed by atoms with Crippen LogP contribution in [0.1, 0.15) is 11.1 Å². The molecule has 0 saturated heterocycles. The van der Waals surface area contributed by atoms with Crippen molar-refractivity contribution in [3.8, 4) is 0 Å². The van der Waals surface area contributed by atoms with E-state index in [1.165, 1.54) is 34.8 Å². The Morgan fingerprint density at radius 3 is 2.70 bits per heavy atom. The first-order valence-corrected chi connectivity index (χ1v) is 8.29. The van der Waals surface area contributed by atoms with Crippen LogP contribution in [0.3, 0.4) is 0 Å². The van der Waals surface area contributed by atoms with Crippen LogP contribution in [0.2, 0.25) is 0 Å². The monoisotopic (exact) mass is 314 g/mol. The number of rotatable bonds is 5. The molecule has 0 bridgehead atoms. The van der Waals surface area contributed by atoms with E-state index in [0.29, 0.717) is 5.56 Å². The maximum atomic E-state index is 13.3. The smallest absolute Gasteiger partial charge is 0.243 e. The van der Waals surface area contributed by atoms with Crippen molar-refractivity contribution < 1.29 is 12.8 Å². The fourth-order valence-electron chi connectivity index (χ4n) is 1.83. The Hall–Kier alpha value is -1.28. The lowest BCUT2D eigenvalue weighted by Gasteiger charge is -2.18. The molecule has 0 fully saturated rings. The zero-order valence-electron chi connectivity index (χ0n) is 10.9. The number of thiophene rings is 1. The minimum atomic E-state index is -3.76. The van der Waals surface area contributed by atoms with Crippen molar-refractivity contribution in [2.24, 2.45) is 5.73 Å². The molecule has 0 spiro atoms. The number of nitrogens with zero attached hydrogens (tertiary/aromatic N) is 1. The third-order valence-corrected chi connectivity index (χ3v) is 5.54. The fraction of sp³-hybridized carbons (Fsp3) is 0.231. The lowest BCUT2D eigenvalue weighted by molar-refractivity contribution is 0.465. The minimum absolute atomic E-state index is 0.0428. The van der Waals surface area contributed by atoms with E-state index in [2.05, 4.69) is 0 Å². The van der Waals surface area contributed by atoms with Gasteiger partial charge >= 0.3 is 0 Å². The average molecular weight is 314 g/mol. The third-order valence-electron chi connectivity index (χ3n) is 2.92. The molecule has 1 aromatic carbocycles. The molecular weight excluding hydrogens is 299 g/mol. The second kappa shape index (κ2) is 6.01. The zero-order chi connectivity index (χ0) is 14.8. The largest absolute Gasteiger partial charge is 0.326 e. The lowest BCUT2D eigenvalue weighted by Crippen LogP contribution is -2.27. The second-order valence-electron chi connectivity index (χ2n) is 4.35. The number of nitrogens with two attached hydrogens (primary N) is 1. The molecule has 7 heteroatoms. The van der Waals surface area contributed by atoms with Gasteiger partial charge in [0, 0.05) is 20.1 Å². The highest BCUT2D eigenvalue weighted by molar-refractivity contribution is 7.89. The Morgan fingerprint density at radius 1 is 1.35 bits per heavy atom. The summed E-state index contributed by atoms with van der Waals surface area (Å²) in [5.74, 6) is -0.593. The highest BCUT2D eigenvalue weighted by Gasteiger charge is 2.24. The predicted molar refractivity (Wildman–Crippen MR) is 77.3 cm³/mol. The SMILES string of the molecule is CN(Cc1ccsc1)S(=O)(=O)c1cc(F)ccc1CN. The molecule has 0 unspecified atom stereocenters. The van der Waals surface area contributed by atoms with Gasteiger partial charge in [-0.15, -0.1) is 0 Å². The highest BCUT2D eigenvalue weighted by atomic mass is 32.2.